The predicted octanol–water partition coefficient (Wildman–Crippen LogP) is 3.95. The van der Waals surface area contributed by atoms with Gasteiger partial charge in [-0.3, -0.25) is 0 Å². The maximum atomic E-state index is 12.5. The molecule has 1 saturated carbocycles. The molecule has 1 heterocycles. The number of aliphatic hydroxyl groups is 1. The van der Waals surface area contributed by atoms with E-state index in [1.165, 1.54) is 6.20 Å². The van der Waals surface area contributed by atoms with Crippen LogP contribution in [0.15, 0.2) is 6.20 Å². The third-order valence-electron chi connectivity index (χ3n) is 3.54. The zero-order chi connectivity index (χ0) is 13.4. The fourth-order valence-corrected chi connectivity index (χ4v) is 3.29. The number of hydrogen-bond donors (Lipinski definition) is 1. The summed E-state index contributed by atoms with van der Waals surface area (Å²) in [4.78, 5) is 3.74. The fourth-order valence-electron chi connectivity index (χ4n) is 2.36. The number of alkyl halides is 3. The van der Waals surface area contributed by atoms with Crippen molar-refractivity contribution >= 4 is 11.3 Å². The maximum absolute atomic E-state index is 12.5. The van der Waals surface area contributed by atoms with Crippen LogP contribution in [0.25, 0.3) is 0 Å². The summed E-state index contributed by atoms with van der Waals surface area (Å²) in [6, 6.07) is 0. The molecule has 0 spiro atoms. The highest BCUT2D eigenvalue weighted by Gasteiger charge is 2.39. The first-order valence-electron chi connectivity index (χ1n) is 6.07. The van der Waals surface area contributed by atoms with E-state index in [4.69, 9.17) is 0 Å². The molecule has 0 aromatic carbocycles. The standard InChI is InChI=1S/C12H16F3NOS/c1-8-3-2-5-11(17,6-4-8)9-7-16-10(18-9)12(13,14)15/h7-8,17H,2-6H2,1H3. The summed E-state index contributed by atoms with van der Waals surface area (Å²) >= 11 is 0.570. The normalized spacial score (nSPS) is 30.2. The van der Waals surface area contributed by atoms with Gasteiger partial charge in [-0.25, -0.2) is 4.98 Å². The smallest absolute Gasteiger partial charge is 0.384 e. The molecule has 2 nitrogen and oxygen atoms in total. The van der Waals surface area contributed by atoms with Crippen molar-refractivity contribution in [1.82, 2.24) is 4.98 Å². The minimum absolute atomic E-state index is 0.351. The second kappa shape index (κ2) is 4.81. The summed E-state index contributed by atoms with van der Waals surface area (Å²) in [5, 5.41) is 9.65. The van der Waals surface area contributed by atoms with Crippen LogP contribution in [0.4, 0.5) is 13.2 Å². The van der Waals surface area contributed by atoms with Crippen LogP contribution in [0.5, 0.6) is 0 Å². The van der Waals surface area contributed by atoms with Gasteiger partial charge in [-0.2, -0.15) is 13.2 Å². The number of nitrogens with zero attached hydrogens (tertiary/aromatic N) is 1. The molecule has 1 aromatic heterocycles. The van der Waals surface area contributed by atoms with Crippen molar-refractivity contribution in [2.75, 3.05) is 0 Å². The van der Waals surface area contributed by atoms with Crippen LogP contribution in [0.1, 0.15) is 48.9 Å². The lowest BCUT2D eigenvalue weighted by Gasteiger charge is -2.24. The Hall–Kier alpha value is -0.620. The zero-order valence-electron chi connectivity index (χ0n) is 10.1. The quantitative estimate of drug-likeness (QED) is 0.790. The number of halogens is 3. The minimum Gasteiger partial charge on any atom is -0.384 e. The van der Waals surface area contributed by atoms with Crippen LogP contribution in [0.2, 0.25) is 0 Å². The lowest BCUT2D eigenvalue weighted by Crippen LogP contribution is -2.23. The molecule has 6 heteroatoms. The highest BCUT2D eigenvalue weighted by Crippen LogP contribution is 2.42. The van der Waals surface area contributed by atoms with Crippen molar-refractivity contribution in [2.24, 2.45) is 5.92 Å². The van der Waals surface area contributed by atoms with Crippen LogP contribution in [-0.4, -0.2) is 10.1 Å². The average molecular weight is 279 g/mol. The lowest BCUT2D eigenvalue weighted by atomic mass is 9.93. The van der Waals surface area contributed by atoms with E-state index in [0.29, 0.717) is 35.0 Å². The van der Waals surface area contributed by atoms with E-state index in [2.05, 4.69) is 11.9 Å². The van der Waals surface area contributed by atoms with Crippen LogP contribution in [0, 0.1) is 5.92 Å². The van der Waals surface area contributed by atoms with Crippen molar-refractivity contribution in [1.29, 1.82) is 0 Å². The Kier molecular flexibility index (Phi) is 3.69. The maximum Gasteiger partial charge on any atom is 0.443 e. The summed E-state index contributed by atoms with van der Waals surface area (Å²) in [5.41, 5.74) is -1.12. The number of aromatic nitrogens is 1. The van der Waals surface area contributed by atoms with E-state index in [9.17, 15) is 18.3 Å². The van der Waals surface area contributed by atoms with Gasteiger partial charge in [0.25, 0.3) is 0 Å². The lowest BCUT2D eigenvalue weighted by molar-refractivity contribution is -0.137. The van der Waals surface area contributed by atoms with Gasteiger partial charge < -0.3 is 5.11 Å². The van der Waals surface area contributed by atoms with Crippen LogP contribution < -0.4 is 0 Å². The van der Waals surface area contributed by atoms with E-state index < -0.39 is 16.8 Å². The third kappa shape index (κ3) is 2.85. The van der Waals surface area contributed by atoms with Gasteiger partial charge in [-0.1, -0.05) is 13.3 Å². The van der Waals surface area contributed by atoms with E-state index in [0.717, 1.165) is 19.3 Å². The third-order valence-corrected chi connectivity index (χ3v) is 4.78. The topological polar surface area (TPSA) is 33.1 Å². The molecule has 2 atom stereocenters. The highest BCUT2D eigenvalue weighted by atomic mass is 32.1. The summed E-state index contributed by atoms with van der Waals surface area (Å²) in [7, 11) is 0. The molecule has 18 heavy (non-hydrogen) atoms. The molecule has 1 N–H and O–H groups in total. The van der Waals surface area contributed by atoms with Gasteiger partial charge in [0.2, 0.25) is 0 Å². The molecule has 0 saturated heterocycles. The van der Waals surface area contributed by atoms with Crippen molar-refractivity contribution in [3.63, 3.8) is 0 Å². The van der Waals surface area contributed by atoms with E-state index in [-0.39, 0.29) is 0 Å². The van der Waals surface area contributed by atoms with Gasteiger partial charge >= 0.3 is 6.18 Å². The monoisotopic (exact) mass is 279 g/mol. The Bertz CT molecular complexity index is 418. The summed E-state index contributed by atoms with van der Waals surface area (Å²) < 4.78 is 37.5. The van der Waals surface area contributed by atoms with Crippen LogP contribution in [0.3, 0.4) is 0 Å². The first kappa shape index (κ1) is 13.8. The van der Waals surface area contributed by atoms with Crippen molar-refractivity contribution in [3.05, 3.63) is 16.1 Å². The Labute approximate surface area is 108 Å². The van der Waals surface area contributed by atoms with E-state index in [1.807, 2.05) is 0 Å². The second-order valence-electron chi connectivity index (χ2n) is 5.10. The van der Waals surface area contributed by atoms with Crippen molar-refractivity contribution in [3.8, 4) is 0 Å². The minimum atomic E-state index is -4.42. The largest absolute Gasteiger partial charge is 0.443 e. The van der Waals surface area contributed by atoms with Gasteiger partial charge in [0.1, 0.15) is 5.60 Å². The summed E-state index contributed by atoms with van der Waals surface area (Å²) in [6.07, 6.45) is 0.519. The van der Waals surface area contributed by atoms with Crippen molar-refractivity contribution < 1.29 is 18.3 Å². The van der Waals surface area contributed by atoms with Gasteiger partial charge in [0, 0.05) is 6.20 Å². The van der Waals surface area contributed by atoms with Gasteiger partial charge in [0.15, 0.2) is 5.01 Å². The highest BCUT2D eigenvalue weighted by molar-refractivity contribution is 7.11. The molecule has 0 amide bonds. The molecule has 2 unspecified atom stereocenters. The Balaban J connectivity index is 2.21. The Morgan fingerprint density at radius 1 is 1.39 bits per heavy atom. The SMILES string of the molecule is CC1CCCC(O)(c2cnc(C(F)(F)F)s2)CC1. The number of hydrogen-bond acceptors (Lipinski definition) is 3. The summed E-state index contributed by atoms with van der Waals surface area (Å²) in [6.45, 7) is 2.11. The van der Waals surface area contributed by atoms with Crippen LogP contribution >= 0.6 is 11.3 Å². The molecular formula is C12H16F3NOS. The summed E-state index contributed by atoms with van der Waals surface area (Å²) in [5.74, 6) is 0.522. The molecule has 2 rings (SSSR count). The second-order valence-corrected chi connectivity index (χ2v) is 6.13. The fraction of sp³-hybridized carbons (Fsp3) is 0.750. The van der Waals surface area contributed by atoms with Crippen LogP contribution in [-0.2, 0) is 11.8 Å². The zero-order valence-corrected chi connectivity index (χ0v) is 10.9. The number of thiazole rings is 1. The Morgan fingerprint density at radius 2 is 2.11 bits per heavy atom. The van der Waals surface area contributed by atoms with E-state index >= 15 is 0 Å². The van der Waals surface area contributed by atoms with Gasteiger partial charge in [0.05, 0.1) is 4.88 Å². The van der Waals surface area contributed by atoms with Crippen molar-refractivity contribution in [2.45, 2.75) is 50.8 Å². The van der Waals surface area contributed by atoms with Gasteiger partial charge in [-0.15, -0.1) is 11.3 Å². The average Bonchev–Trinajstić information content (AvgIpc) is 2.70. The molecule has 1 aromatic rings. The molecule has 0 aliphatic heterocycles. The van der Waals surface area contributed by atoms with Gasteiger partial charge in [-0.05, 0) is 31.6 Å². The molecule has 0 bridgehead atoms. The molecule has 1 aliphatic rings. The molecular weight excluding hydrogens is 263 g/mol. The molecule has 102 valence electrons. The number of rotatable bonds is 1. The predicted molar refractivity (Wildman–Crippen MR) is 63.3 cm³/mol. The van der Waals surface area contributed by atoms with E-state index in [1.54, 1.807) is 0 Å². The molecule has 0 radical (unpaired) electrons. The molecule has 1 fully saturated rings. The Morgan fingerprint density at radius 3 is 2.72 bits per heavy atom. The molecule has 1 aliphatic carbocycles. The first-order valence-corrected chi connectivity index (χ1v) is 6.89. The first-order chi connectivity index (χ1) is 8.31.